The molecule has 0 bridgehead atoms. The molecule has 4 aromatic rings. The lowest BCUT2D eigenvalue weighted by Gasteiger charge is -2.17. The van der Waals surface area contributed by atoms with E-state index in [2.05, 4.69) is 5.10 Å². The highest BCUT2D eigenvalue weighted by atomic mass is 16.5. The molecule has 0 fully saturated rings. The standard InChI is InChI=1S/C28H23N3O3/c1-20-24(27(34-19-18-29)31(30-20)23-16-10-5-11-17-23)26(28(32)33-2)25(21-12-6-3-7-13-21)22-14-8-4-9-15-22/h3-17H,19H2,1-2H3. The zero-order valence-electron chi connectivity index (χ0n) is 18.9. The van der Waals surface area contributed by atoms with Crippen LogP contribution in [0.1, 0.15) is 22.4 Å². The molecule has 0 saturated heterocycles. The number of carbonyl (C=O) groups excluding carboxylic acids is 1. The molecule has 0 N–H and O–H groups in total. The number of nitrogens with zero attached hydrogens (tertiary/aromatic N) is 3. The maximum Gasteiger partial charge on any atom is 0.339 e. The highest BCUT2D eigenvalue weighted by Gasteiger charge is 2.30. The summed E-state index contributed by atoms with van der Waals surface area (Å²) in [4.78, 5) is 13.4. The SMILES string of the molecule is COC(=O)C(=C(c1ccccc1)c1ccccc1)c1c(C)nn(-c2ccccc2)c1OCC#N. The summed E-state index contributed by atoms with van der Waals surface area (Å²) < 4.78 is 12.8. The number of nitriles is 1. The first-order chi connectivity index (χ1) is 16.7. The summed E-state index contributed by atoms with van der Waals surface area (Å²) in [6, 6.07) is 30.7. The predicted molar refractivity (Wildman–Crippen MR) is 130 cm³/mol. The molecule has 0 saturated carbocycles. The van der Waals surface area contributed by atoms with Crippen LogP contribution in [0.4, 0.5) is 0 Å². The van der Waals surface area contributed by atoms with Crippen LogP contribution in [0, 0.1) is 18.3 Å². The average molecular weight is 450 g/mol. The summed E-state index contributed by atoms with van der Waals surface area (Å²) in [6.07, 6.45) is 0. The molecule has 6 nitrogen and oxygen atoms in total. The molecule has 168 valence electrons. The van der Waals surface area contributed by atoms with Crippen molar-refractivity contribution in [3.8, 4) is 17.6 Å². The molecule has 0 atom stereocenters. The number of ether oxygens (including phenoxy) is 2. The summed E-state index contributed by atoms with van der Waals surface area (Å²) in [6.45, 7) is 1.61. The minimum absolute atomic E-state index is 0.203. The van der Waals surface area contributed by atoms with Crippen molar-refractivity contribution in [3.63, 3.8) is 0 Å². The van der Waals surface area contributed by atoms with Crippen LogP contribution in [-0.4, -0.2) is 29.5 Å². The van der Waals surface area contributed by atoms with Crippen molar-refractivity contribution in [3.05, 3.63) is 113 Å². The Morgan fingerprint density at radius 3 is 1.94 bits per heavy atom. The van der Waals surface area contributed by atoms with Gasteiger partial charge in [0.2, 0.25) is 5.88 Å². The van der Waals surface area contributed by atoms with Gasteiger partial charge in [-0.1, -0.05) is 78.9 Å². The van der Waals surface area contributed by atoms with E-state index >= 15 is 0 Å². The van der Waals surface area contributed by atoms with Gasteiger partial charge in [0.15, 0.2) is 6.61 Å². The number of carbonyl (C=O) groups is 1. The van der Waals surface area contributed by atoms with E-state index in [0.717, 1.165) is 16.8 Å². The van der Waals surface area contributed by atoms with Crippen molar-refractivity contribution in [1.82, 2.24) is 9.78 Å². The largest absolute Gasteiger partial charge is 0.465 e. The number of methoxy groups -OCH3 is 1. The predicted octanol–water partition coefficient (Wildman–Crippen LogP) is 5.22. The van der Waals surface area contributed by atoms with Crippen molar-refractivity contribution >= 4 is 17.1 Å². The summed E-state index contributed by atoms with van der Waals surface area (Å²) in [5.74, 6) is -0.227. The normalized spacial score (nSPS) is 10.3. The monoisotopic (exact) mass is 449 g/mol. The molecule has 0 radical (unpaired) electrons. The van der Waals surface area contributed by atoms with E-state index in [1.165, 1.54) is 7.11 Å². The Morgan fingerprint density at radius 1 is 0.912 bits per heavy atom. The zero-order chi connectivity index (χ0) is 23.9. The highest BCUT2D eigenvalue weighted by Crippen LogP contribution is 2.39. The first-order valence-electron chi connectivity index (χ1n) is 10.7. The number of para-hydroxylation sites is 1. The van der Waals surface area contributed by atoms with Gasteiger partial charge in [-0.15, -0.1) is 0 Å². The first-order valence-corrected chi connectivity index (χ1v) is 10.7. The van der Waals surface area contributed by atoms with Crippen LogP contribution in [0.15, 0.2) is 91.0 Å². The van der Waals surface area contributed by atoms with E-state index in [1.54, 1.807) is 4.68 Å². The van der Waals surface area contributed by atoms with Crippen molar-refractivity contribution < 1.29 is 14.3 Å². The summed E-state index contributed by atoms with van der Waals surface area (Å²) >= 11 is 0. The molecule has 1 heterocycles. The van der Waals surface area contributed by atoms with E-state index in [0.29, 0.717) is 28.3 Å². The maximum absolute atomic E-state index is 13.4. The van der Waals surface area contributed by atoms with Crippen LogP contribution in [0.25, 0.3) is 16.8 Å². The third-order valence-corrected chi connectivity index (χ3v) is 5.31. The van der Waals surface area contributed by atoms with E-state index in [-0.39, 0.29) is 6.61 Å². The number of benzene rings is 3. The molecule has 0 aliphatic heterocycles. The Hall–Kier alpha value is -4.63. The second-order valence-electron chi connectivity index (χ2n) is 7.43. The fraction of sp³-hybridized carbons (Fsp3) is 0.107. The van der Waals surface area contributed by atoms with Gasteiger partial charge in [-0.3, -0.25) is 0 Å². The second kappa shape index (κ2) is 10.3. The molecule has 0 spiro atoms. The van der Waals surface area contributed by atoms with E-state index in [9.17, 15) is 10.1 Å². The van der Waals surface area contributed by atoms with Crippen LogP contribution >= 0.6 is 0 Å². The molecule has 34 heavy (non-hydrogen) atoms. The minimum atomic E-state index is -0.528. The smallest absolute Gasteiger partial charge is 0.339 e. The maximum atomic E-state index is 13.4. The van der Waals surface area contributed by atoms with Crippen molar-refractivity contribution in [2.75, 3.05) is 13.7 Å². The number of hydrogen-bond acceptors (Lipinski definition) is 5. The third kappa shape index (κ3) is 4.45. The van der Waals surface area contributed by atoms with E-state index < -0.39 is 5.97 Å². The number of aryl methyl sites for hydroxylation is 1. The van der Waals surface area contributed by atoms with Crippen LogP contribution < -0.4 is 4.74 Å². The molecule has 0 aliphatic rings. The number of aromatic nitrogens is 2. The van der Waals surface area contributed by atoms with Crippen LogP contribution in [0.2, 0.25) is 0 Å². The Morgan fingerprint density at radius 2 is 1.44 bits per heavy atom. The molecule has 1 aromatic heterocycles. The van der Waals surface area contributed by atoms with Gasteiger partial charge in [-0.2, -0.15) is 10.4 Å². The lowest BCUT2D eigenvalue weighted by atomic mass is 9.89. The summed E-state index contributed by atoms with van der Waals surface area (Å²) in [5, 5.41) is 13.9. The van der Waals surface area contributed by atoms with Gasteiger partial charge < -0.3 is 9.47 Å². The Kier molecular flexibility index (Phi) is 6.85. The summed E-state index contributed by atoms with van der Waals surface area (Å²) in [7, 11) is 1.35. The molecular formula is C28H23N3O3. The number of esters is 1. The average Bonchev–Trinajstić information content (AvgIpc) is 3.22. The van der Waals surface area contributed by atoms with Crippen molar-refractivity contribution in [2.24, 2.45) is 0 Å². The van der Waals surface area contributed by atoms with Gasteiger partial charge in [-0.25, -0.2) is 9.48 Å². The lowest BCUT2D eigenvalue weighted by Crippen LogP contribution is -2.11. The fourth-order valence-corrected chi connectivity index (χ4v) is 3.87. The minimum Gasteiger partial charge on any atom is -0.465 e. The zero-order valence-corrected chi connectivity index (χ0v) is 18.9. The van der Waals surface area contributed by atoms with Crippen molar-refractivity contribution in [2.45, 2.75) is 6.92 Å². The molecule has 3 aromatic carbocycles. The van der Waals surface area contributed by atoms with E-state index in [1.807, 2.05) is 104 Å². The molecular weight excluding hydrogens is 426 g/mol. The number of rotatable bonds is 7. The van der Waals surface area contributed by atoms with E-state index in [4.69, 9.17) is 9.47 Å². The van der Waals surface area contributed by atoms with Gasteiger partial charge in [0, 0.05) is 5.57 Å². The second-order valence-corrected chi connectivity index (χ2v) is 7.43. The van der Waals surface area contributed by atoms with Crippen LogP contribution in [0.5, 0.6) is 5.88 Å². The Balaban J connectivity index is 2.10. The topological polar surface area (TPSA) is 77.1 Å². The Bertz CT molecular complexity index is 1310. The first kappa shape index (κ1) is 22.6. The van der Waals surface area contributed by atoms with Crippen LogP contribution in [0.3, 0.4) is 0 Å². The van der Waals surface area contributed by atoms with Gasteiger partial charge in [0.05, 0.1) is 29.6 Å². The Labute approximate surface area is 198 Å². The molecule has 0 unspecified atom stereocenters. The third-order valence-electron chi connectivity index (χ3n) is 5.31. The fourth-order valence-electron chi connectivity index (χ4n) is 3.87. The molecule has 0 aliphatic carbocycles. The van der Waals surface area contributed by atoms with Gasteiger partial charge in [-0.05, 0) is 30.2 Å². The quantitative estimate of drug-likeness (QED) is 0.286. The molecule has 0 amide bonds. The number of hydrogen-bond donors (Lipinski definition) is 0. The van der Waals surface area contributed by atoms with Gasteiger partial charge in [0.1, 0.15) is 6.07 Å². The van der Waals surface area contributed by atoms with Gasteiger partial charge >= 0.3 is 5.97 Å². The van der Waals surface area contributed by atoms with Crippen molar-refractivity contribution in [1.29, 1.82) is 5.26 Å². The lowest BCUT2D eigenvalue weighted by molar-refractivity contribution is -0.133. The highest BCUT2D eigenvalue weighted by molar-refractivity contribution is 6.27. The van der Waals surface area contributed by atoms with Crippen LogP contribution in [-0.2, 0) is 9.53 Å². The summed E-state index contributed by atoms with van der Waals surface area (Å²) in [5.41, 5.74) is 4.47. The molecule has 6 heteroatoms. The molecule has 4 rings (SSSR count). The van der Waals surface area contributed by atoms with Gasteiger partial charge in [0.25, 0.3) is 0 Å².